The molecule has 0 spiro atoms. The molecule has 0 rings (SSSR count). The van der Waals surface area contributed by atoms with Crippen molar-refractivity contribution in [3.63, 3.8) is 0 Å². The summed E-state index contributed by atoms with van der Waals surface area (Å²) < 4.78 is 20.6. The van der Waals surface area contributed by atoms with E-state index in [-0.39, 0.29) is 58.9 Å². The summed E-state index contributed by atoms with van der Waals surface area (Å²) in [6.45, 7) is 1.14. The van der Waals surface area contributed by atoms with E-state index in [1.165, 1.54) is 57.8 Å². The Morgan fingerprint density at radius 2 is 1.00 bits per heavy atom. The number of unbranched alkanes of at least 4 members (excludes halogenated alkanes) is 10. The summed E-state index contributed by atoms with van der Waals surface area (Å²) >= 11 is 0. The molecule has 0 bridgehead atoms. The molecule has 0 saturated carbocycles. The van der Waals surface area contributed by atoms with Crippen LogP contribution in [0.1, 0.15) is 89.9 Å². The van der Waals surface area contributed by atoms with Crippen molar-refractivity contribution >= 4 is 24.5 Å². The fraction of sp³-hybridized carbons (Fsp3) is 0.857. The Hall–Kier alpha value is -1.96. The molecule has 0 aromatic rings. The predicted molar refractivity (Wildman–Crippen MR) is 151 cm³/mol. The summed E-state index contributed by atoms with van der Waals surface area (Å²) in [7, 11) is 2.77. The number of nitrogens with two attached hydrogens (primary N) is 1. The van der Waals surface area contributed by atoms with E-state index < -0.39 is 17.5 Å². The minimum atomic E-state index is -1.04. The van der Waals surface area contributed by atoms with Gasteiger partial charge in [0.1, 0.15) is 12.6 Å². The van der Waals surface area contributed by atoms with E-state index in [0.29, 0.717) is 6.29 Å². The Morgan fingerprint density at radius 1 is 0.625 bits per heavy atom. The number of rotatable bonds is 28. The fourth-order valence-electron chi connectivity index (χ4n) is 3.29. The van der Waals surface area contributed by atoms with E-state index in [2.05, 4.69) is 0 Å². The second-order valence-electron chi connectivity index (χ2n) is 9.25. The van der Waals surface area contributed by atoms with Gasteiger partial charge in [-0.05, 0) is 12.8 Å². The van der Waals surface area contributed by atoms with Crippen molar-refractivity contribution in [3.8, 4) is 0 Å². The standard InChI is InChI=1S/C14H28O2.C13H23NO8.CH4O/c1-16-14-12-10-8-6-4-2-3-5-7-9-11-13-15;14-13(8-20-5-1-4-15,9-21-6-2-11(16)17)10-22-7-3-12(18)19;1-2/h13H,2-12,14H2,1H3;4H,1-3,5-10,14H2,(H,16,17)(H,18,19);2H,1H3. The van der Waals surface area contributed by atoms with E-state index in [0.717, 1.165) is 32.8 Å². The summed E-state index contributed by atoms with van der Waals surface area (Å²) in [5.74, 6) is -1.97. The average molecular weight is 582 g/mol. The highest BCUT2D eigenvalue weighted by Crippen LogP contribution is 2.11. The SMILES string of the molecule is CO.COCCCCCCCCCCCCC=O.NC(COCCC=O)(COCCC(=O)O)COCCC(=O)O. The summed E-state index contributed by atoms with van der Waals surface area (Å²) in [6, 6.07) is 0. The molecule has 0 heterocycles. The predicted octanol–water partition coefficient (Wildman–Crippen LogP) is 3.00. The summed E-state index contributed by atoms with van der Waals surface area (Å²) in [5, 5.41) is 24.0. The van der Waals surface area contributed by atoms with Crippen molar-refractivity contribution in [2.75, 3.05) is 60.5 Å². The molecule has 0 aliphatic heterocycles. The van der Waals surface area contributed by atoms with E-state index in [1.807, 2.05) is 0 Å². The van der Waals surface area contributed by atoms with Crippen molar-refractivity contribution in [1.82, 2.24) is 0 Å². The molecule has 238 valence electrons. The first-order valence-corrected chi connectivity index (χ1v) is 14.1. The van der Waals surface area contributed by atoms with Crippen LogP contribution in [0.25, 0.3) is 0 Å². The van der Waals surface area contributed by atoms with Crippen LogP contribution in [0.5, 0.6) is 0 Å². The Balaban J connectivity index is -0.000000673. The van der Waals surface area contributed by atoms with Gasteiger partial charge in [-0.1, -0.05) is 51.4 Å². The van der Waals surface area contributed by atoms with Gasteiger partial charge in [-0.3, -0.25) is 9.59 Å². The molecular weight excluding hydrogens is 526 g/mol. The lowest BCUT2D eigenvalue weighted by atomic mass is 10.1. The van der Waals surface area contributed by atoms with Gasteiger partial charge in [0.05, 0.1) is 58.0 Å². The van der Waals surface area contributed by atoms with Crippen LogP contribution < -0.4 is 5.73 Å². The number of aliphatic hydroxyl groups excluding tert-OH is 1. The Bertz CT molecular complexity index is 554. The molecule has 0 unspecified atom stereocenters. The van der Waals surface area contributed by atoms with Gasteiger partial charge in [0.15, 0.2) is 0 Å². The number of methoxy groups -OCH3 is 1. The second-order valence-corrected chi connectivity index (χ2v) is 9.25. The number of carbonyl (C=O) groups is 4. The monoisotopic (exact) mass is 581 g/mol. The zero-order valence-electron chi connectivity index (χ0n) is 24.7. The second kappa shape index (κ2) is 35.1. The molecule has 0 amide bonds. The lowest BCUT2D eigenvalue weighted by Gasteiger charge is -2.28. The van der Waals surface area contributed by atoms with Crippen LogP contribution in [0.15, 0.2) is 0 Å². The maximum absolute atomic E-state index is 10.4. The third-order valence-corrected chi connectivity index (χ3v) is 5.39. The molecule has 12 heteroatoms. The minimum Gasteiger partial charge on any atom is -0.481 e. The molecule has 0 atom stereocenters. The number of aldehydes is 2. The first-order valence-electron chi connectivity index (χ1n) is 14.1. The van der Waals surface area contributed by atoms with Gasteiger partial charge in [0, 0.05) is 33.7 Å². The smallest absolute Gasteiger partial charge is 0.305 e. The van der Waals surface area contributed by atoms with Crippen molar-refractivity contribution in [1.29, 1.82) is 0 Å². The Labute approximate surface area is 239 Å². The number of ether oxygens (including phenoxy) is 4. The highest BCUT2D eigenvalue weighted by molar-refractivity contribution is 5.67. The number of hydrogen-bond donors (Lipinski definition) is 4. The van der Waals surface area contributed by atoms with Crippen LogP contribution >= 0.6 is 0 Å². The molecular formula is C28H55NO11. The maximum atomic E-state index is 10.4. The topological polar surface area (TPSA) is 192 Å². The van der Waals surface area contributed by atoms with Crippen molar-refractivity contribution in [2.45, 2.75) is 95.4 Å². The first-order chi connectivity index (χ1) is 19.3. The van der Waals surface area contributed by atoms with Gasteiger partial charge in [-0.25, -0.2) is 0 Å². The third kappa shape index (κ3) is 38.2. The van der Waals surface area contributed by atoms with Gasteiger partial charge in [-0.2, -0.15) is 0 Å². The number of carboxylic acid groups (broad SMARTS) is 2. The maximum Gasteiger partial charge on any atom is 0.305 e. The number of aliphatic carboxylic acids is 2. The number of hydrogen-bond acceptors (Lipinski definition) is 10. The van der Waals surface area contributed by atoms with Gasteiger partial charge in [-0.15, -0.1) is 0 Å². The Kier molecular flexibility index (Phi) is 37.3. The van der Waals surface area contributed by atoms with Gasteiger partial charge in [0.25, 0.3) is 0 Å². The van der Waals surface area contributed by atoms with Gasteiger partial charge in [0.2, 0.25) is 0 Å². The molecule has 5 N–H and O–H groups in total. The summed E-state index contributed by atoms with van der Waals surface area (Å²) in [6.07, 6.45) is 15.4. The quantitative estimate of drug-likeness (QED) is 0.0781. The van der Waals surface area contributed by atoms with Crippen molar-refractivity contribution in [2.24, 2.45) is 5.73 Å². The van der Waals surface area contributed by atoms with Crippen LogP contribution in [0.3, 0.4) is 0 Å². The van der Waals surface area contributed by atoms with Crippen LogP contribution in [0.4, 0.5) is 0 Å². The summed E-state index contributed by atoms with van der Waals surface area (Å²) in [4.78, 5) is 41.1. The number of carboxylic acids is 2. The molecule has 12 nitrogen and oxygen atoms in total. The van der Waals surface area contributed by atoms with Gasteiger partial charge >= 0.3 is 11.9 Å². The zero-order chi connectivity index (χ0) is 30.7. The van der Waals surface area contributed by atoms with Crippen molar-refractivity contribution in [3.05, 3.63) is 0 Å². The molecule has 40 heavy (non-hydrogen) atoms. The van der Waals surface area contributed by atoms with Crippen LogP contribution in [-0.2, 0) is 38.1 Å². The number of aliphatic hydroxyl groups is 1. The lowest BCUT2D eigenvalue weighted by molar-refractivity contribution is -0.139. The highest BCUT2D eigenvalue weighted by Gasteiger charge is 2.26. The number of carbonyl (C=O) groups excluding carboxylic acids is 2. The molecule has 0 saturated heterocycles. The molecule has 0 aromatic heterocycles. The van der Waals surface area contributed by atoms with E-state index in [1.54, 1.807) is 7.11 Å². The Morgan fingerprint density at radius 3 is 1.38 bits per heavy atom. The van der Waals surface area contributed by atoms with Crippen molar-refractivity contribution < 1.29 is 53.4 Å². The largest absolute Gasteiger partial charge is 0.481 e. The zero-order valence-corrected chi connectivity index (χ0v) is 24.7. The molecule has 0 radical (unpaired) electrons. The summed E-state index contributed by atoms with van der Waals surface area (Å²) in [5.41, 5.74) is 5.01. The highest BCUT2D eigenvalue weighted by atomic mass is 16.5. The van der Waals surface area contributed by atoms with Gasteiger partial charge < -0.3 is 49.6 Å². The minimum absolute atomic E-state index is 0.00224. The normalized spacial score (nSPS) is 10.6. The molecule has 0 aliphatic rings. The molecule has 0 fully saturated rings. The van der Waals surface area contributed by atoms with E-state index in [9.17, 15) is 19.2 Å². The third-order valence-electron chi connectivity index (χ3n) is 5.39. The fourth-order valence-corrected chi connectivity index (χ4v) is 3.29. The van der Waals surface area contributed by atoms with E-state index >= 15 is 0 Å². The first kappa shape index (κ1) is 42.5. The molecule has 0 aromatic carbocycles. The lowest BCUT2D eigenvalue weighted by Crippen LogP contribution is -2.53. The molecule has 0 aliphatic carbocycles. The van der Waals surface area contributed by atoms with Crippen LogP contribution in [0.2, 0.25) is 0 Å². The van der Waals surface area contributed by atoms with Crippen LogP contribution in [-0.4, -0.2) is 106 Å². The average Bonchev–Trinajstić information content (AvgIpc) is 2.94. The van der Waals surface area contributed by atoms with E-state index in [4.69, 9.17) is 40.0 Å². The van der Waals surface area contributed by atoms with Crippen LogP contribution in [0, 0.1) is 0 Å².